The Morgan fingerprint density at radius 1 is 1.07 bits per heavy atom. The van der Waals surface area contributed by atoms with E-state index in [0.29, 0.717) is 18.8 Å². The van der Waals surface area contributed by atoms with Gasteiger partial charge in [0, 0.05) is 34.1 Å². The molecular formula is C24H25ClN2O2S. The third-order valence-corrected chi connectivity index (χ3v) is 7.06. The molecule has 4 rings (SSSR count). The van der Waals surface area contributed by atoms with E-state index in [0.717, 1.165) is 34.2 Å². The Hall–Kier alpha value is -2.18. The van der Waals surface area contributed by atoms with Crippen LogP contribution in [0.25, 0.3) is 0 Å². The molecule has 6 heteroatoms. The van der Waals surface area contributed by atoms with Crippen LogP contribution in [-0.4, -0.2) is 37.1 Å². The SMILES string of the molecule is Cc1sc(NC(=O)c2ccccc2)c([C@@H](c2ccccc2Cl)N2CCOCC2)c1C. The average molecular weight is 441 g/mol. The summed E-state index contributed by atoms with van der Waals surface area (Å²) in [5.74, 6) is -0.0991. The van der Waals surface area contributed by atoms with Crippen LogP contribution in [0.2, 0.25) is 5.02 Å². The summed E-state index contributed by atoms with van der Waals surface area (Å²) in [5.41, 5.74) is 4.02. The molecular weight excluding hydrogens is 416 g/mol. The lowest BCUT2D eigenvalue weighted by Crippen LogP contribution is -2.40. The van der Waals surface area contributed by atoms with Gasteiger partial charge >= 0.3 is 0 Å². The van der Waals surface area contributed by atoms with E-state index in [-0.39, 0.29) is 11.9 Å². The lowest BCUT2D eigenvalue weighted by atomic mass is 9.94. The second kappa shape index (κ2) is 9.31. The number of benzene rings is 2. The van der Waals surface area contributed by atoms with Crippen LogP contribution in [-0.2, 0) is 4.74 Å². The summed E-state index contributed by atoms with van der Waals surface area (Å²) in [4.78, 5) is 16.5. The number of amides is 1. The highest BCUT2D eigenvalue weighted by Crippen LogP contribution is 2.44. The molecule has 30 heavy (non-hydrogen) atoms. The molecule has 1 aliphatic heterocycles. The molecule has 2 heterocycles. The van der Waals surface area contributed by atoms with Gasteiger partial charge < -0.3 is 10.1 Å². The van der Waals surface area contributed by atoms with E-state index < -0.39 is 0 Å². The van der Waals surface area contributed by atoms with Gasteiger partial charge in [0.2, 0.25) is 0 Å². The molecule has 0 unspecified atom stereocenters. The molecule has 0 saturated carbocycles. The van der Waals surface area contributed by atoms with Gasteiger partial charge in [-0.3, -0.25) is 9.69 Å². The monoisotopic (exact) mass is 440 g/mol. The van der Waals surface area contributed by atoms with Gasteiger partial charge in [0.15, 0.2) is 0 Å². The number of hydrogen-bond acceptors (Lipinski definition) is 4. The zero-order valence-electron chi connectivity index (χ0n) is 17.2. The van der Waals surface area contributed by atoms with E-state index in [1.54, 1.807) is 11.3 Å². The van der Waals surface area contributed by atoms with Gasteiger partial charge in [-0.1, -0.05) is 48.0 Å². The summed E-state index contributed by atoms with van der Waals surface area (Å²) in [5, 5.41) is 4.79. The maximum Gasteiger partial charge on any atom is 0.256 e. The van der Waals surface area contributed by atoms with E-state index in [1.165, 1.54) is 10.4 Å². The van der Waals surface area contributed by atoms with E-state index in [9.17, 15) is 4.79 Å². The predicted molar refractivity (Wildman–Crippen MR) is 124 cm³/mol. The highest BCUT2D eigenvalue weighted by Gasteiger charge is 2.31. The molecule has 1 fully saturated rings. The van der Waals surface area contributed by atoms with Crippen molar-refractivity contribution in [1.29, 1.82) is 0 Å². The van der Waals surface area contributed by atoms with Crippen LogP contribution in [0.5, 0.6) is 0 Å². The molecule has 1 N–H and O–H groups in total. The van der Waals surface area contributed by atoms with Gasteiger partial charge in [0.1, 0.15) is 5.00 Å². The topological polar surface area (TPSA) is 41.6 Å². The molecule has 2 aromatic carbocycles. The number of morpholine rings is 1. The Morgan fingerprint density at radius 2 is 1.73 bits per heavy atom. The van der Waals surface area contributed by atoms with E-state index in [1.807, 2.05) is 48.5 Å². The third kappa shape index (κ3) is 4.30. The predicted octanol–water partition coefficient (Wildman–Crippen LogP) is 5.69. The minimum atomic E-state index is -0.0991. The molecule has 0 aliphatic carbocycles. The number of nitrogens with zero attached hydrogens (tertiary/aromatic N) is 1. The lowest BCUT2D eigenvalue weighted by molar-refractivity contribution is 0.0240. The molecule has 0 spiro atoms. The van der Waals surface area contributed by atoms with Crippen molar-refractivity contribution >= 4 is 33.8 Å². The van der Waals surface area contributed by atoms with E-state index in [2.05, 4.69) is 30.1 Å². The maximum absolute atomic E-state index is 12.9. The summed E-state index contributed by atoms with van der Waals surface area (Å²) in [6, 6.07) is 17.3. The summed E-state index contributed by atoms with van der Waals surface area (Å²) in [6.45, 7) is 7.24. The van der Waals surface area contributed by atoms with Gasteiger partial charge in [-0.25, -0.2) is 0 Å². The third-order valence-electron chi connectivity index (χ3n) is 5.58. The van der Waals surface area contributed by atoms with Crippen molar-refractivity contribution in [2.45, 2.75) is 19.9 Å². The fraction of sp³-hybridized carbons (Fsp3) is 0.292. The molecule has 0 bridgehead atoms. The van der Waals surface area contributed by atoms with Gasteiger partial charge in [-0.15, -0.1) is 11.3 Å². The fourth-order valence-electron chi connectivity index (χ4n) is 3.90. The molecule has 0 radical (unpaired) electrons. The van der Waals surface area contributed by atoms with Crippen molar-refractivity contribution in [3.8, 4) is 0 Å². The van der Waals surface area contributed by atoms with Crippen molar-refractivity contribution in [3.63, 3.8) is 0 Å². The second-order valence-corrected chi connectivity index (χ2v) is 9.05. The summed E-state index contributed by atoms with van der Waals surface area (Å²) < 4.78 is 5.60. The quantitative estimate of drug-likeness (QED) is 0.553. The minimum absolute atomic E-state index is 0.0429. The largest absolute Gasteiger partial charge is 0.379 e. The van der Waals surface area contributed by atoms with Crippen LogP contribution in [0, 0.1) is 13.8 Å². The van der Waals surface area contributed by atoms with Gasteiger partial charge in [-0.2, -0.15) is 0 Å². The van der Waals surface area contributed by atoms with Gasteiger partial charge in [-0.05, 0) is 43.2 Å². The second-order valence-electron chi connectivity index (χ2n) is 7.42. The Kier molecular flexibility index (Phi) is 6.54. The standard InChI is InChI=1S/C24H25ClN2O2S/c1-16-17(2)30-24(26-23(28)18-8-4-3-5-9-18)21(16)22(27-12-14-29-15-13-27)19-10-6-7-11-20(19)25/h3-11,22H,12-15H2,1-2H3,(H,26,28)/t22-/m1/s1. The van der Waals surface area contributed by atoms with Crippen LogP contribution in [0.4, 0.5) is 5.00 Å². The fourth-order valence-corrected chi connectivity index (χ4v) is 5.23. The first-order valence-electron chi connectivity index (χ1n) is 10.1. The normalized spacial score (nSPS) is 15.7. The molecule has 3 aromatic rings. The minimum Gasteiger partial charge on any atom is -0.379 e. The Balaban J connectivity index is 1.79. The number of ether oxygens (including phenoxy) is 1. The number of halogens is 1. The summed E-state index contributed by atoms with van der Waals surface area (Å²) >= 11 is 8.28. The number of aryl methyl sites for hydroxylation is 1. The first-order chi connectivity index (χ1) is 14.6. The van der Waals surface area contributed by atoms with Crippen LogP contribution in [0.3, 0.4) is 0 Å². The molecule has 156 valence electrons. The zero-order valence-corrected chi connectivity index (χ0v) is 18.7. The molecule has 1 amide bonds. The summed E-state index contributed by atoms with van der Waals surface area (Å²) in [6.07, 6.45) is 0. The smallest absolute Gasteiger partial charge is 0.256 e. The number of thiophene rings is 1. The van der Waals surface area contributed by atoms with Crippen molar-refractivity contribution in [2.24, 2.45) is 0 Å². The molecule has 1 saturated heterocycles. The number of nitrogens with one attached hydrogen (secondary N) is 1. The first kappa shape index (κ1) is 21.1. The Labute approximate surface area is 186 Å². The number of carbonyl (C=O) groups is 1. The van der Waals surface area contributed by atoms with Crippen molar-refractivity contribution in [1.82, 2.24) is 4.90 Å². The Morgan fingerprint density at radius 3 is 2.43 bits per heavy atom. The van der Waals surface area contributed by atoms with Crippen LogP contribution < -0.4 is 5.32 Å². The summed E-state index contributed by atoms with van der Waals surface area (Å²) in [7, 11) is 0. The average Bonchev–Trinajstić information content (AvgIpc) is 3.04. The van der Waals surface area contributed by atoms with E-state index in [4.69, 9.17) is 16.3 Å². The molecule has 4 nitrogen and oxygen atoms in total. The number of rotatable bonds is 5. The Bertz CT molecular complexity index is 1030. The highest BCUT2D eigenvalue weighted by atomic mass is 35.5. The lowest BCUT2D eigenvalue weighted by Gasteiger charge is -2.36. The van der Waals surface area contributed by atoms with Crippen LogP contribution in [0.15, 0.2) is 54.6 Å². The number of carbonyl (C=O) groups excluding carboxylic acids is 1. The van der Waals surface area contributed by atoms with Crippen molar-refractivity contribution in [3.05, 3.63) is 86.8 Å². The molecule has 1 atom stereocenters. The molecule has 1 aliphatic rings. The number of hydrogen-bond donors (Lipinski definition) is 1. The van der Waals surface area contributed by atoms with Crippen LogP contribution >= 0.6 is 22.9 Å². The van der Waals surface area contributed by atoms with Crippen molar-refractivity contribution in [2.75, 3.05) is 31.6 Å². The number of anilines is 1. The highest BCUT2D eigenvalue weighted by molar-refractivity contribution is 7.16. The van der Waals surface area contributed by atoms with Gasteiger partial charge in [0.05, 0.1) is 19.3 Å². The first-order valence-corrected chi connectivity index (χ1v) is 11.3. The van der Waals surface area contributed by atoms with E-state index >= 15 is 0 Å². The molecule has 1 aromatic heterocycles. The van der Waals surface area contributed by atoms with Crippen LogP contribution in [0.1, 0.15) is 38.0 Å². The van der Waals surface area contributed by atoms with Gasteiger partial charge in [0.25, 0.3) is 5.91 Å². The zero-order chi connectivity index (χ0) is 21.1. The maximum atomic E-state index is 12.9. The van der Waals surface area contributed by atoms with Crippen molar-refractivity contribution < 1.29 is 9.53 Å².